The van der Waals surface area contributed by atoms with Gasteiger partial charge in [-0.3, -0.25) is 13.9 Å². The van der Waals surface area contributed by atoms with Gasteiger partial charge < -0.3 is 4.74 Å². The van der Waals surface area contributed by atoms with Crippen molar-refractivity contribution in [2.75, 3.05) is 23.7 Å². The zero-order valence-electron chi connectivity index (χ0n) is 15.0. The Morgan fingerprint density at radius 2 is 1.96 bits per heavy atom. The number of hydrogen-bond donors (Lipinski definition) is 0. The monoisotopic (exact) mass is 383 g/mol. The molecule has 0 heterocycles. The second-order valence-corrected chi connectivity index (χ2v) is 7.95. The van der Waals surface area contributed by atoms with Crippen molar-refractivity contribution < 1.29 is 27.1 Å². The highest BCUT2D eigenvalue weighted by Crippen LogP contribution is 2.34. The summed E-state index contributed by atoms with van der Waals surface area (Å²) < 4.78 is 43.9. The quantitative estimate of drug-likeness (QED) is 0.215. The first-order chi connectivity index (χ1) is 12.2. The van der Waals surface area contributed by atoms with E-state index in [2.05, 4.69) is 0 Å². The SMILES string of the molecule is CCOC=C(C(=O)c1ccc(F)cc1N(CC)S(C)(=O)=O)C(=O)C1CC1. The Morgan fingerprint density at radius 3 is 2.46 bits per heavy atom. The van der Waals surface area contributed by atoms with Crippen LogP contribution in [0.25, 0.3) is 0 Å². The highest BCUT2D eigenvalue weighted by atomic mass is 32.2. The van der Waals surface area contributed by atoms with Crippen LogP contribution in [0.15, 0.2) is 30.0 Å². The van der Waals surface area contributed by atoms with E-state index >= 15 is 0 Å². The lowest BCUT2D eigenvalue weighted by Gasteiger charge is -2.23. The van der Waals surface area contributed by atoms with E-state index in [0.717, 1.165) is 29.0 Å². The van der Waals surface area contributed by atoms with Crippen LogP contribution in [0.5, 0.6) is 0 Å². The van der Waals surface area contributed by atoms with Crippen LogP contribution in [-0.4, -0.2) is 39.4 Å². The second-order valence-electron chi connectivity index (χ2n) is 6.04. The Morgan fingerprint density at radius 1 is 1.31 bits per heavy atom. The van der Waals surface area contributed by atoms with E-state index in [1.807, 2.05) is 0 Å². The predicted molar refractivity (Wildman–Crippen MR) is 96.0 cm³/mol. The van der Waals surface area contributed by atoms with E-state index in [9.17, 15) is 22.4 Å². The minimum absolute atomic E-state index is 0.0175. The van der Waals surface area contributed by atoms with Gasteiger partial charge in [0.25, 0.3) is 0 Å². The summed E-state index contributed by atoms with van der Waals surface area (Å²) in [7, 11) is -3.73. The van der Waals surface area contributed by atoms with E-state index in [0.29, 0.717) is 12.8 Å². The van der Waals surface area contributed by atoms with E-state index in [1.54, 1.807) is 13.8 Å². The number of hydrogen-bond acceptors (Lipinski definition) is 5. The fourth-order valence-electron chi connectivity index (χ4n) is 2.59. The Kier molecular flexibility index (Phi) is 6.17. The van der Waals surface area contributed by atoms with Crippen LogP contribution in [0.2, 0.25) is 0 Å². The minimum atomic E-state index is -3.73. The standard InChI is InChI=1S/C18H22FNO5S/c1-4-20(26(3,23)24)16-10-13(19)8-9-14(16)18(22)15(11-25-5-2)17(21)12-6-7-12/h8-12H,4-7H2,1-3H3. The van der Waals surface area contributed by atoms with Crippen LogP contribution < -0.4 is 4.31 Å². The molecule has 1 aliphatic rings. The van der Waals surface area contributed by atoms with Crippen molar-refractivity contribution in [3.05, 3.63) is 41.4 Å². The third kappa shape index (κ3) is 4.49. The van der Waals surface area contributed by atoms with Gasteiger partial charge in [-0.2, -0.15) is 0 Å². The molecule has 0 radical (unpaired) electrons. The number of nitrogens with zero attached hydrogens (tertiary/aromatic N) is 1. The number of halogens is 1. The molecule has 1 fully saturated rings. The second kappa shape index (κ2) is 7.99. The first-order valence-corrected chi connectivity index (χ1v) is 10.2. The number of sulfonamides is 1. The van der Waals surface area contributed by atoms with Crippen LogP contribution in [0.3, 0.4) is 0 Å². The molecule has 1 aromatic rings. The summed E-state index contributed by atoms with van der Waals surface area (Å²) in [6.07, 6.45) is 3.50. The largest absolute Gasteiger partial charge is 0.501 e. The number of ether oxygens (including phenoxy) is 1. The highest BCUT2D eigenvalue weighted by Gasteiger charge is 2.36. The summed E-state index contributed by atoms with van der Waals surface area (Å²) in [6, 6.07) is 3.24. The van der Waals surface area contributed by atoms with Gasteiger partial charge in [-0.15, -0.1) is 0 Å². The zero-order chi connectivity index (χ0) is 19.5. The van der Waals surface area contributed by atoms with Crippen LogP contribution in [0.4, 0.5) is 10.1 Å². The number of ketones is 2. The van der Waals surface area contributed by atoms with Gasteiger partial charge in [0, 0.05) is 18.0 Å². The van der Waals surface area contributed by atoms with Crippen molar-refractivity contribution >= 4 is 27.3 Å². The smallest absolute Gasteiger partial charge is 0.232 e. The molecule has 6 nitrogen and oxygen atoms in total. The van der Waals surface area contributed by atoms with Gasteiger partial charge >= 0.3 is 0 Å². The number of Topliss-reactive ketones (excluding diaryl/α,β-unsaturated/α-hetero) is 2. The lowest BCUT2D eigenvalue weighted by Crippen LogP contribution is -2.31. The van der Waals surface area contributed by atoms with Gasteiger partial charge in [-0.05, 0) is 44.9 Å². The van der Waals surface area contributed by atoms with Gasteiger partial charge in [0.05, 0.1) is 24.8 Å². The van der Waals surface area contributed by atoms with E-state index in [1.165, 1.54) is 6.07 Å². The van der Waals surface area contributed by atoms with Crippen LogP contribution in [-0.2, 0) is 19.6 Å². The Labute approximate surface area is 152 Å². The molecule has 2 rings (SSSR count). The molecule has 0 aromatic heterocycles. The number of carbonyl (C=O) groups excluding carboxylic acids is 2. The molecule has 1 aromatic carbocycles. The summed E-state index contributed by atoms with van der Waals surface area (Å²) in [5.41, 5.74) is -0.295. The van der Waals surface area contributed by atoms with Crippen LogP contribution in [0.1, 0.15) is 37.0 Å². The third-order valence-corrected chi connectivity index (χ3v) is 5.24. The maximum Gasteiger partial charge on any atom is 0.232 e. The number of benzene rings is 1. The highest BCUT2D eigenvalue weighted by molar-refractivity contribution is 7.92. The summed E-state index contributed by atoms with van der Waals surface area (Å²) in [5, 5.41) is 0. The van der Waals surface area contributed by atoms with Crippen LogP contribution >= 0.6 is 0 Å². The Balaban J connectivity index is 2.55. The first-order valence-electron chi connectivity index (χ1n) is 8.38. The molecule has 0 saturated heterocycles. The Bertz CT molecular complexity index is 843. The van der Waals surface area contributed by atoms with Gasteiger partial charge in [0.2, 0.25) is 15.8 Å². The van der Waals surface area contributed by atoms with Crippen molar-refractivity contribution in [1.82, 2.24) is 0 Å². The maximum atomic E-state index is 13.8. The molecule has 0 N–H and O–H groups in total. The number of anilines is 1. The molecule has 0 bridgehead atoms. The maximum absolute atomic E-state index is 13.8. The molecule has 0 unspecified atom stereocenters. The van der Waals surface area contributed by atoms with Crippen molar-refractivity contribution in [3.8, 4) is 0 Å². The number of carbonyl (C=O) groups is 2. The molecular formula is C18H22FNO5S. The van der Waals surface area contributed by atoms with Gasteiger partial charge in [0.15, 0.2) is 5.78 Å². The van der Waals surface area contributed by atoms with Crippen LogP contribution in [0, 0.1) is 11.7 Å². The predicted octanol–water partition coefficient (Wildman–Crippen LogP) is 2.69. The van der Waals surface area contributed by atoms with Crippen molar-refractivity contribution in [3.63, 3.8) is 0 Å². The minimum Gasteiger partial charge on any atom is -0.501 e. The number of allylic oxidation sites excluding steroid dienone is 1. The molecule has 1 saturated carbocycles. The molecule has 8 heteroatoms. The molecule has 0 spiro atoms. The first kappa shape index (κ1) is 20.1. The van der Waals surface area contributed by atoms with Crippen molar-refractivity contribution in [2.45, 2.75) is 26.7 Å². The molecule has 1 aliphatic carbocycles. The van der Waals surface area contributed by atoms with Gasteiger partial charge in [0.1, 0.15) is 11.4 Å². The average molecular weight is 383 g/mol. The summed E-state index contributed by atoms with van der Waals surface area (Å²) in [4.78, 5) is 25.5. The molecule has 0 aliphatic heterocycles. The topological polar surface area (TPSA) is 80.8 Å². The molecule has 142 valence electrons. The summed E-state index contributed by atoms with van der Waals surface area (Å²) in [6.45, 7) is 3.58. The number of rotatable bonds is 9. The normalized spacial score (nSPS) is 14.8. The third-order valence-electron chi connectivity index (χ3n) is 3.99. The van der Waals surface area contributed by atoms with Crippen molar-refractivity contribution in [2.24, 2.45) is 5.92 Å². The van der Waals surface area contributed by atoms with Gasteiger partial charge in [-0.25, -0.2) is 12.8 Å². The summed E-state index contributed by atoms with van der Waals surface area (Å²) in [5.74, 6) is -1.90. The van der Waals surface area contributed by atoms with E-state index in [4.69, 9.17) is 4.74 Å². The molecule has 0 amide bonds. The zero-order valence-corrected chi connectivity index (χ0v) is 15.8. The van der Waals surface area contributed by atoms with Gasteiger partial charge in [-0.1, -0.05) is 0 Å². The molecule has 0 atom stereocenters. The average Bonchev–Trinajstić information content (AvgIpc) is 3.39. The summed E-state index contributed by atoms with van der Waals surface area (Å²) >= 11 is 0. The van der Waals surface area contributed by atoms with E-state index in [-0.39, 0.29) is 41.7 Å². The lowest BCUT2D eigenvalue weighted by atomic mass is 9.97. The fraction of sp³-hybridized carbons (Fsp3) is 0.444. The fourth-order valence-corrected chi connectivity index (χ4v) is 3.56. The molecule has 26 heavy (non-hydrogen) atoms. The van der Waals surface area contributed by atoms with Crippen molar-refractivity contribution in [1.29, 1.82) is 0 Å². The lowest BCUT2D eigenvalue weighted by molar-refractivity contribution is -0.116. The Hall–Kier alpha value is -2.22. The molecular weight excluding hydrogens is 361 g/mol. The van der Waals surface area contributed by atoms with E-state index < -0.39 is 21.6 Å².